The predicted octanol–water partition coefficient (Wildman–Crippen LogP) is 2.23. The van der Waals surface area contributed by atoms with Crippen LogP contribution in [-0.4, -0.2) is 60.1 Å². The number of nitrogens with zero attached hydrogens (tertiary/aromatic N) is 4. The van der Waals surface area contributed by atoms with E-state index in [1.165, 1.54) is 10.4 Å². The molecule has 9 nitrogen and oxygen atoms in total. The van der Waals surface area contributed by atoms with Crippen molar-refractivity contribution in [1.29, 1.82) is 0 Å². The lowest BCUT2D eigenvalue weighted by molar-refractivity contribution is 0.0817. The molecule has 1 aromatic heterocycles. The minimum absolute atomic E-state index is 0.274. The van der Waals surface area contributed by atoms with Gasteiger partial charge in [-0.1, -0.05) is 42.5 Å². The van der Waals surface area contributed by atoms with Gasteiger partial charge in [-0.3, -0.25) is 0 Å². The molecule has 1 saturated heterocycles. The van der Waals surface area contributed by atoms with Gasteiger partial charge in [0.2, 0.25) is 15.8 Å². The summed E-state index contributed by atoms with van der Waals surface area (Å²) in [7, 11) is -3.19. The van der Waals surface area contributed by atoms with Gasteiger partial charge in [0, 0.05) is 30.5 Å². The van der Waals surface area contributed by atoms with Crippen molar-refractivity contribution in [2.75, 3.05) is 25.9 Å². The van der Waals surface area contributed by atoms with Crippen LogP contribution in [-0.2, 0) is 16.6 Å². The second-order valence-electron chi connectivity index (χ2n) is 8.78. The first-order valence-corrected chi connectivity index (χ1v) is 13.4. The molecule has 0 radical (unpaired) electrons. The molecule has 0 atom stereocenters. The number of nitrogens with one attached hydrogen (secondary N) is 2. The third-order valence-corrected chi connectivity index (χ3v) is 6.88. The third-order valence-electron chi connectivity index (χ3n) is 6.15. The summed E-state index contributed by atoms with van der Waals surface area (Å²) in [6, 6.07) is 16.4. The first kappa shape index (κ1) is 22.7. The lowest BCUT2D eigenvalue weighted by Crippen LogP contribution is -2.46. The lowest BCUT2D eigenvalue weighted by atomic mass is 9.83. The Labute approximate surface area is 199 Å². The van der Waals surface area contributed by atoms with Crippen LogP contribution in [0.2, 0.25) is 0 Å². The Kier molecular flexibility index (Phi) is 6.20. The van der Waals surface area contributed by atoms with E-state index in [-0.39, 0.29) is 5.60 Å². The molecule has 0 bridgehead atoms. The molecule has 1 spiro atoms. The zero-order valence-corrected chi connectivity index (χ0v) is 19.9. The first-order chi connectivity index (χ1) is 16.4. The Morgan fingerprint density at radius 2 is 1.82 bits per heavy atom. The topological polar surface area (TPSA) is 111 Å². The van der Waals surface area contributed by atoms with Crippen molar-refractivity contribution >= 4 is 15.6 Å². The number of aromatic nitrogens is 4. The van der Waals surface area contributed by atoms with Crippen LogP contribution < -0.4 is 14.8 Å². The van der Waals surface area contributed by atoms with Crippen LogP contribution in [0.3, 0.4) is 0 Å². The SMILES string of the molecule is CS(=O)(=O)NCCCn1nnc(-c2ccc(C3=CC4(CCNCC4)Oc4ccccc43)cc2)n1. The Bertz CT molecular complexity index is 1290. The minimum atomic E-state index is -3.19. The van der Waals surface area contributed by atoms with Gasteiger partial charge in [-0.05, 0) is 48.0 Å². The smallest absolute Gasteiger partial charge is 0.208 e. The lowest BCUT2D eigenvalue weighted by Gasteiger charge is -2.40. The molecular formula is C24H28N6O3S. The van der Waals surface area contributed by atoms with Gasteiger partial charge in [-0.25, -0.2) is 13.1 Å². The third kappa shape index (κ3) is 5.03. The van der Waals surface area contributed by atoms with Crippen molar-refractivity contribution in [2.24, 2.45) is 0 Å². The van der Waals surface area contributed by atoms with E-state index in [1.807, 2.05) is 30.3 Å². The Hall–Kier alpha value is -3.08. The maximum atomic E-state index is 11.2. The largest absolute Gasteiger partial charge is 0.482 e. The normalized spacial score (nSPS) is 17.1. The van der Waals surface area contributed by atoms with E-state index in [2.05, 4.69) is 49.7 Å². The quantitative estimate of drug-likeness (QED) is 0.499. The highest BCUT2D eigenvalue weighted by Crippen LogP contribution is 2.42. The number of fused-ring (bicyclic) bond motifs is 1. The van der Waals surface area contributed by atoms with Crippen molar-refractivity contribution in [1.82, 2.24) is 30.2 Å². The zero-order valence-electron chi connectivity index (χ0n) is 19.1. The van der Waals surface area contributed by atoms with Crippen LogP contribution in [0.15, 0.2) is 54.6 Å². The highest BCUT2D eigenvalue weighted by molar-refractivity contribution is 7.88. The number of hydrogen-bond donors (Lipinski definition) is 2. The minimum Gasteiger partial charge on any atom is -0.482 e. The molecule has 3 aromatic rings. The predicted molar refractivity (Wildman–Crippen MR) is 130 cm³/mol. The summed E-state index contributed by atoms with van der Waals surface area (Å²) >= 11 is 0. The Balaban J connectivity index is 1.34. The first-order valence-electron chi connectivity index (χ1n) is 11.5. The van der Waals surface area contributed by atoms with E-state index in [0.717, 1.165) is 54.6 Å². The van der Waals surface area contributed by atoms with Crippen molar-refractivity contribution in [2.45, 2.75) is 31.4 Å². The van der Waals surface area contributed by atoms with Gasteiger partial charge in [0.15, 0.2) is 0 Å². The molecule has 2 aliphatic rings. The zero-order chi connectivity index (χ0) is 23.6. The summed E-state index contributed by atoms with van der Waals surface area (Å²) in [6.45, 7) is 2.70. The molecular weight excluding hydrogens is 452 g/mol. The van der Waals surface area contributed by atoms with E-state index in [1.54, 1.807) is 0 Å². The molecule has 178 valence electrons. The number of aryl methyl sites for hydroxylation is 1. The van der Waals surface area contributed by atoms with Gasteiger partial charge < -0.3 is 10.1 Å². The molecule has 2 N–H and O–H groups in total. The molecule has 0 unspecified atom stereocenters. The van der Waals surface area contributed by atoms with Crippen LogP contribution in [0.5, 0.6) is 5.75 Å². The summed E-state index contributed by atoms with van der Waals surface area (Å²) in [5, 5.41) is 16.1. The molecule has 10 heteroatoms. The van der Waals surface area contributed by atoms with Crippen LogP contribution in [0, 0.1) is 0 Å². The molecule has 1 fully saturated rings. The number of sulfonamides is 1. The van der Waals surface area contributed by atoms with Crippen molar-refractivity contribution in [3.8, 4) is 17.1 Å². The van der Waals surface area contributed by atoms with Crippen molar-refractivity contribution in [3.63, 3.8) is 0 Å². The van der Waals surface area contributed by atoms with Gasteiger partial charge in [-0.2, -0.15) is 4.80 Å². The molecule has 5 rings (SSSR count). The summed E-state index contributed by atoms with van der Waals surface area (Å²) in [4.78, 5) is 1.49. The molecule has 34 heavy (non-hydrogen) atoms. The molecule has 2 aromatic carbocycles. The second-order valence-corrected chi connectivity index (χ2v) is 10.6. The van der Waals surface area contributed by atoms with E-state index < -0.39 is 10.0 Å². The number of para-hydroxylation sites is 1. The van der Waals surface area contributed by atoms with Gasteiger partial charge in [0.05, 0.1) is 12.8 Å². The fraction of sp³-hybridized carbons (Fsp3) is 0.375. The van der Waals surface area contributed by atoms with Crippen molar-refractivity contribution < 1.29 is 13.2 Å². The van der Waals surface area contributed by atoms with Crippen LogP contribution in [0.25, 0.3) is 17.0 Å². The number of tetrazole rings is 1. The van der Waals surface area contributed by atoms with Crippen LogP contribution >= 0.6 is 0 Å². The molecule has 3 heterocycles. The summed E-state index contributed by atoms with van der Waals surface area (Å²) in [6.07, 6.45) is 5.90. The van der Waals surface area contributed by atoms with Gasteiger partial charge in [-0.15, -0.1) is 10.2 Å². The Morgan fingerprint density at radius 3 is 2.59 bits per heavy atom. The molecule has 2 aliphatic heterocycles. The number of hydrogen-bond acceptors (Lipinski definition) is 7. The van der Waals surface area contributed by atoms with Crippen molar-refractivity contribution in [3.05, 3.63) is 65.7 Å². The summed E-state index contributed by atoms with van der Waals surface area (Å²) < 4.78 is 31.3. The highest BCUT2D eigenvalue weighted by atomic mass is 32.2. The highest BCUT2D eigenvalue weighted by Gasteiger charge is 2.36. The van der Waals surface area contributed by atoms with E-state index in [0.29, 0.717) is 25.3 Å². The second kappa shape index (κ2) is 9.28. The standard InChI is InChI=1S/C24H28N6O3S/c1-34(31,32)26-13-4-16-30-28-23(27-29-30)19-9-7-18(8-10-19)21-17-24(11-14-25-15-12-24)33-22-6-3-2-5-20(21)22/h2-3,5-10,17,25-26H,4,11-16H2,1H3. The number of benzene rings is 2. The monoisotopic (exact) mass is 480 g/mol. The number of rotatable bonds is 7. The molecule has 0 aliphatic carbocycles. The van der Waals surface area contributed by atoms with Gasteiger partial charge in [0.25, 0.3) is 0 Å². The van der Waals surface area contributed by atoms with E-state index in [4.69, 9.17) is 4.74 Å². The summed E-state index contributed by atoms with van der Waals surface area (Å²) in [5.41, 5.74) is 4.01. The van der Waals surface area contributed by atoms with Crippen LogP contribution in [0.1, 0.15) is 30.4 Å². The maximum Gasteiger partial charge on any atom is 0.208 e. The fourth-order valence-corrected chi connectivity index (χ4v) is 4.95. The van der Waals surface area contributed by atoms with Gasteiger partial charge in [0.1, 0.15) is 11.4 Å². The average molecular weight is 481 g/mol. The molecule has 0 amide bonds. The maximum absolute atomic E-state index is 11.2. The van der Waals surface area contributed by atoms with E-state index in [9.17, 15) is 8.42 Å². The summed E-state index contributed by atoms with van der Waals surface area (Å²) in [5.74, 6) is 1.47. The van der Waals surface area contributed by atoms with E-state index >= 15 is 0 Å². The fourth-order valence-electron chi connectivity index (χ4n) is 4.43. The Morgan fingerprint density at radius 1 is 1.09 bits per heavy atom. The average Bonchev–Trinajstić information content (AvgIpc) is 3.30. The molecule has 0 saturated carbocycles. The number of piperidine rings is 1. The van der Waals surface area contributed by atoms with Gasteiger partial charge >= 0.3 is 0 Å². The van der Waals surface area contributed by atoms with Crippen LogP contribution in [0.4, 0.5) is 0 Å². The number of ether oxygens (including phenoxy) is 1.